The first-order chi connectivity index (χ1) is 9.47. The Labute approximate surface area is 142 Å². The monoisotopic (exact) mass is 493 g/mol. The molecule has 0 bridgehead atoms. The van der Waals surface area contributed by atoms with E-state index in [2.05, 4.69) is 50.5 Å². The van der Waals surface area contributed by atoms with E-state index >= 15 is 0 Å². The minimum atomic E-state index is -1.02. The van der Waals surface area contributed by atoms with E-state index in [-0.39, 0.29) is 11.5 Å². The summed E-state index contributed by atoms with van der Waals surface area (Å²) in [5.74, 6) is -1.28. The summed E-state index contributed by atoms with van der Waals surface area (Å²) in [6, 6.07) is 11.7. The van der Waals surface area contributed by atoms with E-state index in [4.69, 9.17) is 5.11 Å². The Morgan fingerprint density at radius 2 is 1.80 bits per heavy atom. The highest BCUT2D eigenvalue weighted by atomic mass is 127. The molecule has 102 valence electrons. The fourth-order valence-electron chi connectivity index (χ4n) is 1.60. The Kier molecular flexibility index (Phi) is 4.97. The minimum Gasteiger partial charge on any atom is -0.478 e. The van der Waals surface area contributed by atoms with Gasteiger partial charge in [0.05, 0.1) is 11.1 Å². The largest absolute Gasteiger partial charge is 0.478 e. The van der Waals surface area contributed by atoms with Gasteiger partial charge in [0, 0.05) is 12.8 Å². The van der Waals surface area contributed by atoms with Gasteiger partial charge >= 0.3 is 5.97 Å². The quantitative estimate of drug-likeness (QED) is 0.640. The number of halogens is 2. The third-order valence-electron chi connectivity index (χ3n) is 2.54. The number of hydrogen-bond acceptors (Lipinski definition) is 2. The van der Waals surface area contributed by atoms with E-state index < -0.39 is 5.97 Å². The molecule has 0 saturated carbocycles. The van der Waals surface area contributed by atoms with Crippen LogP contribution in [-0.2, 0) is 0 Å². The predicted octanol–water partition coefficient (Wildman–Crippen LogP) is 3.85. The normalized spacial score (nSPS) is 10.1. The average Bonchev–Trinajstić information content (AvgIpc) is 2.41. The van der Waals surface area contributed by atoms with Gasteiger partial charge in [-0.1, -0.05) is 6.07 Å². The summed E-state index contributed by atoms with van der Waals surface area (Å²) in [5.41, 5.74) is 1.17. The van der Waals surface area contributed by atoms with Gasteiger partial charge in [0.15, 0.2) is 0 Å². The second-order valence-corrected chi connectivity index (χ2v) is 6.37. The van der Waals surface area contributed by atoms with Gasteiger partial charge in [0.25, 0.3) is 5.91 Å². The zero-order chi connectivity index (χ0) is 14.7. The van der Waals surface area contributed by atoms with Crippen molar-refractivity contribution in [3.05, 3.63) is 60.7 Å². The number of carboxylic acid groups (broad SMARTS) is 1. The average molecular weight is 493 g/mol. The second-order valence-electron chi connectivity index (χ2n) is 3.96. The molecule has 0 aromatic heterocycles. The Bertz CT molecular complexity index is 686. The van der Waals surface area contributed by atoms with Crippen LogP contribution in [-0.4, -0.2) is 17.0 Å². The molecule has 0 heterocycles. The van der Waals surface area contributed by atoms with Crippen LogP contribution in [0.2, 0.25) is 0 Å². The van der Waals surface area contributed by atoms with E-state index in [1.165, 1.54) is 12.1 Å². The predicted molar refractivity (Wildman–Crippen MR) is 93.2 cm³/mol. The van der Waals surface area contributed by atoms with Crippen LogP contribution in [0.4, 0.5) is 5.69 Å². The second kappa shape index (κ2) is 6.53. The van der Waals surface area contributed by atoms with Crippen molar-refractivity contribution in [2.75, 3.05) is 5.32 Å². The van der Waals surface area contributed by atoms with Crippen LogP contribution >= 0.6 is 45.2 Å². The number of carbonyl (C=O) groups is 2. The molecule has 0 aliphatic rings. The maximum absolute atomic E-state index is 12.2. The number of anilines is 1. The molecule has 0 radical (unpaired) electrons. The SMILES string of the molecule is O=C(O)c1cccc(NC(=O)c2cc(I)ccc2I)c1. The number of carbonyl (C=O) groups excluding carboxylic acids is 1. The number of amides is 1. The standard InChI is InChI=1S/C14H9I2NO3/c15-9-4-5-12(16)11(7-9)13(18)17-10-3-1-2-8(6-10)14(19)20/h1-7H,(H,17,18)(H,19,20). The molecular weight excluding hydrogens is 484 g/mol. The molecule has 0 aliphatic carbocycles. The van der Waals surface area contributed by atoms with Crippen molar-refractivity contribution in [3.8, 4) is 0 Å². The molecule has 0 saturated heterocycles. The number of rotatable bonds is 3. The van der Waals surface area contributed by atoms with Crippen LogP contribution in [0.25, 0.3) is 0 Å². The number of benzene rings is 2. The molecular formula is C14H9I2NO3. The maximum Gasteiger partial charge on any atom is 0.335 e. The van der Waals surface area contributed by atoms with Gasteiger partial charge in [-0.3, -0.25) is 4.79 Å². The Hall–Kier alpha value is -1.16. The van der Waals surface area contributed by atoms with Crippen LogP contribution in [0.1, 0.15) is 20.7 Å². The van der Waals surface area contributed by atoms with Gasteiger partial charge in [-0.05, 0) is 81.6 Å². The summed E-state index contributed by atoms with van der Waals surface area (Å²) in [6.45, 7) is 0. The van der Waals surface area contributed by atoms with Crippen molar-refractivity contribution in [1.82, 2.24) is 0 Å². The van der Waals surface area contributed by atoms with Crippen LogP contribution < -0.4 is 5.32 Å². The van der Waals surface area contributed by atoms with E-state index in [1.54, 1.807) is 18.2 Å². The molecule has 2 rings (SSSR count). The van der Waals surface area contributed by atoms with Crippen molar-refractivity contribution in [2.45, 2.75) is 0 Å². The van der Waals surface area contributed by atoms with Crippen molar-refractivity contribution >= 4 is 62.7 Å². The minimum absolute atomic E-state index is 0.139. The summed E-state index contributed by atoms with van der Waals surface area (Å²) in [6.07, 6.45) is 0. The van der Waals surface area contributed by atoms with Gasteiger partial charge in [-0.25, -0.2) is 4.79 Å². The Morgan fingerprint density at radius 3 is 2.50 bits per heavy atom. The summed E-state index contributed by atoms with van der Waals surface area (Å²) in [4.78, 5) is 23.1. The first kappa shape index (κ1) is 15.2. The summed E-state index contributed by atoms with van der Waals surface area (Å²) < 4.78 is 1.81. The summed E-state index contributed by atoms with van der Waals surface area (Å²) in [7, 11) is 0. The molecule has 2 N–H and O–H groups in total. The zero-order valence-electron chi connectivity index (χ0n) is 10.1. The lowest BCUT2D eigenvalue weighted by atomic mass is 10.2. The highest BCUT2D eigenvalue weighted by Crippen LogP contribution is 2.18. The fraction of sp³-hybridized carbons (Fsp3) is 0. The molecule has 2 aromatic rings. The van der Waals surface area contributed by atoms with Crippen LogP contribution in [0.3, 0.4) is 0 Å². The third kappa shape index (κ3) is 3.69. The van der Waals surface area contributed by atoms with Crippen molar-refractivity contribution in [1.29, 1.82) is 0 Å². The number of nitrogens with one attached hydrogen (secondary N) is 1. The topological polar surface area (TPSA) is 66.4 Å². The lowest BCUT2D eigenvalue weighted by Gasteiger charge is -2.08. The molecule has 1 amide bonds. The molecule has 0 fully saturated rings. The molecule has 2 aromatic carbocycles. The molecule has 20 heavy (non-hydrogen) atoms. The van der Waals surface area contributed by atoms with Crippen molar-refractivity contribution < 1.29 is 14.7 Å². The van der Waals surface area contributed by atoms with Gasteiger partial charge in [-0.2, -0.15) is 0 Å². The molecule has 6 heteroatoms. The highest BCUT2D eigenvalue weighted by Gasteiger charge is 2.11. The third-order valence-corrected chi connectivity index (χ3v) is 4.15. The van der Waals surface area contributed by atoms with E-state index in [0.717, 1.165) is 7.14 Å². The first-order valence-corrected chi connectivity index (χ1v) is 7.73. The lowest BCUT2D eigenvalue weighted by molar-refractivity contribution is 0.0696. The molecule has 0 atom stereocenters. The maximum atomic E-state index is 12.2. The van der Waals surface area contributed by atoms with Gasteiger partial charge in [0.2, 0.25) is 0 Å². The van der Waals surface area contributed by atoms with E-state index in [1.807, 2.05) is 12.1 Å². The van der Waals surface area contributed by atoms with Crippen LogP contribution in [0, 0.1) is 7.14 Å². The van der Waals surface area contributed by atoms with Gasteiger partial charge < -0.3 is 10.4 Å². The van der Waals surface area contributed by atoms with Gasteiger partial charge in [-0.15, -0.1) is 0 Å². The smallest absolute Gasteiger partial charge is 0.335 e. The molecule has 0 aliphatic heterocycles. The Balaban J connectivity index is 2.25. The van der Waals surface area contributed by atoms with E-state index in [9.17, 15) is 9.59 Å². The number of carboxylic acids is 1. The van der Waals surface area contributed by atoms with Crippen molar-refractivity contribution in [2.24, 2.45) is 0 Å². The highest BCUT2D eigenvalue weighted by molar-refractivity contribution is 14.1. The molecule has 0 unspecified atom stereocenters. The van der Waals surface area contributed by atoms with Gasteiger partial charge in [0.1, 0.15) is 0 Å². The zero-order valence-corrected chi connectivity index (χ0v) is 14.4. The van der Waals surface area contributed by atoms with Crippen LogP contribution in [0.15, 0.2) is 42.5 Å². The van der Waals surface area contributed by atoms with E-state index in [0.29, 0.717) is 11.3 Å². The van der Waals surface area contributed by atoms with Crippen LogP contribution in [0.5, 0.6) is 0 Å². The first-order valence-electron chi connectivity index (χ1n) is 5.57. The lowest BCUT2D eigenvalue weighted by Crippen LogP contribution is -2.14. The Morgan fingerprint density at radius 1 is 1.05 bits per heavy atom. The van der Waals surface area contributed by atoms with Crippen molar-refractivity contribution in [3.63, 3.8) is 0 Å². The number of hydrogen-bond donors (Lipinski definition) is 2. The number of aromatic carboxylic acids is 1. The summed E-state index contributed by atoms with van der Waals surface area (Å²) in [5, 5.41) is 11.6. The fourth-order valence-corrected chi connectivity index (χ4v) is 2.67. The molecule has 0 spiro atoms. The summed E-state index contributed by atoms with van der Waals surface area (Å²) >= 11 is 4.23. The molecule has 4 nitrogen and oxygen atoms in total.